The van der Waals surface area contributed by atoms with Crippen molar-refractivity contribution in [2.75, 3.05) is 6.54 Å². The lowest BCUT2D eigenvalue weighted by atomic mass is 10.2. The molecule has 1 atom stereocenters. The van der Waals surface area contributed by atoms with Crippen molar-refractivity contribution in [2.24, 2.45) is 5.73 Å². The smallest absolute Gasteiger partial charge is 0.119 e. The van der Waals surface area contributed by atoms with Gasteiger partial charge in [0.05, 0.1) is 0 Å². The lowest BCUT2D eigenvalue weighted by Gasteiger charge is -2.10. The molecule has 2 N–H and O–H groups in total. The second-order valence-electron chi connectivity index (χ2n) is 2.69. The Morgan fingerprint density at radius 1 is 1.45 bits per heavy atom. The third kappa shape index (κ3) is 2.31. The van der Waals surface area contributed by atoms with Gasteiger partial charge in [0.25, 0.3) is 0 Å². The zero-order valence-corrected chi connectivity index (χ0v) is 6.77. The highest BCUT2D eigenvalue weighted by molar-refractivity contribution is 4.68. The molecule has 0 amide bonds. The monoisotopic (exact) mass is 154 g/mol. The molecule has 0 radical (unpaired) electrons. The van der Waals surface area contributed by atoms with Crippen molar-refractivity contribution in [1.82, 2.24) is 14.8 Å². The van der Waals surface area contributed by atoms with Crippen LogP contribution in [0.3, 0.4) is 0 Å². The Kier molecular flexibility index (Phi) is 3.04. The van der Waals surface area contributed by atoms with Gasteiger partial charge < -0.3 is 10.3 Å². The molecule has 11 heavy (non-hydrogen) atoms. The zero-order chi connectivity index (χ0) is 8.10. The van der Waals surface area contributed by atoms with Crippen LogP contribution in [0.2, 0.25) is 0 Å². The molecule has 1 heterocycles. The molecule has 0 aliphatic carbocycles. The first-order valence-corrected chi connectivity index (χ1v) is 3.88. The molecule has 4 heteroatoms. The Balaban J connectivity index is 2.36. The van der Waals surface area contributed by atoms with Gasteiger partial charge >= 0.3 is 0 Å². The summed E-state index contributed by atoms with van der Waals surface area (Å²) in [6.07, 6.45) is 5.62. The third-order valence-corrected chi connectivity index (χ3v) is 1.77. The Labute approximate surface area is 66.4 Å². The van der Waals surface area contributed by atoms with E-state index >= 15 is 0 Å². The summed E-state index contributed by atoms with van der Waals surface area (Å²) < 4.78 is 2.00. The summed E-state index contributed by atoms with van der Waals surface area (Å²) in [6, 6.07) is 0.466. The summed E-state index contributed by atoms with van der Waals surface area (Å²) in [7, 11) is 0. The van der Waals surface area contributed by atoms with Crippen LogP contribution in [0, 0.1) is 0 Å². The van der Waals surface area contributed by atoms with Gasteiger partial charge in [-0.2, -0.15) is 0 Å². The molecule has 0 aliphatic rings. The number of hydrogen-bond acceptors (Lipinski definition) is 3. The van der Waals surface area contributed by atoms with Gasteiger partial charge in [0, 0.05) is 6.04 Å². The average Bonchev–Trinajstić information content (AvgIpc) is 2.52. The molecule has 1 rings (SSSR count). The minimum absolute atomic E-state index is 0.466. The lowest BCUT2D eigenvalue weighted by Crippen LogP contribution is -2.06. The molecule has 62 valence electrons. The van der Waals surface area contributed by atoms with Gasteiger partial charge in [-0.25, -0.2) is 0 Å². The van der Waals surface area contributed by atoms with Gasteiger partial charge in [-0.3, -0.25) is 0 Å². The second kappa shape index (κ2) is 4.08. The van der Waals surface area contributed by atoms with Crippen LogP contribution in [0.5, 0.6) is 0 Å². The van der Waals surface area contributed by atoms with E-state index in [1.54, 1.807) is 12.7 Å². The topological polar surface area (TPSA) is 56.7 Å². The molecule has 1 unspecified atom stereocenters. The highest BCUT2D eigenvalue weighted by Gasteiger charge is 2.01. The van der Waals surface area contributed by atoms with Gasteiger partial charge in [-0.1, -0.05) is 0 Å². The van der Waals surface area contributed by atoms with E-state index in [-0.39, 0.29) is 0 Å². The van der Waals surface area contributed by atoms with Crippen LogP contribution in [-0.4, -0.2) is 21.3 Å². The van der Waals surface area contributed by atoms with E-state index in [1.807, 2.05) is 4.57 Å². The van der Waals surface area contributed by atoms with Gasteiger partial charge in [0.2, 0.25) is 0 Å². The number of aromatic nitrogens is 3. The number of rotatable bonds is 4. The Morgan fingerprint density at radius 3 is 2.64 bits per heavy atom. The van der Waals surface area contributed by atoms with E-state index in [1.165, 1.54) is 0 Å². The standard InChI is InChI=1S/C7H14N4/c1-7(3-2-4-8)11-5-9-10-6-11/h5-7H,2-4,8H2,1H3. The highest BCUT2D eigenvalue weighted by Crippen LogP contribution is 2.09. The van der Waals surface area contributed by atoms with Crippen LogP contribution in [0.4, 0.5) is 0 Å². The number of hydrogen-bond donors (Lipinski definition) is 1. The Bertz CT molecular complexity index is 182. The normalized spacial score (nSPS) is 13.3. The SMILES string of the molecule is CC(CCCN)n1cnnc1. The van der Waals surface area contributed by atoms with Crippen LogP contribution in [0.1, 0.15) is 25.8 Å². The fraction of sp³-hybridized carbons (Fsp3) is 0.714. The van der Waals surface area contributed by atoms with Crippen LogP contribution < -0.4 is 5.73 Å². The molecule has 0 aliphatic heterocycles. The van der Waals surface area contributed by atoms with Gasteiger partial charge in [0.1, 0.15) is 12.7 Å². The fourth-order valence-electron chi connectivity index (χ4n) is 0.999. The minimum atomic E-state index is 0.466. The van der Waals surface area contributed by atoms with Crippen molar-refractivity contribution in [3.05, 3.63) is 12.7 Å². The molecule has 1 aromatic heterocycles. The molecule has 0 aromatic carbocycles. The van der Waals surface area contributed by atoms with E-state index in [0.29, 0.717) is 6.04 Å². The first-order valence-electron chi connectivity index (χ1n) is 3.88. The fourth-order valence-corrected chi connectivity index (χ4v) is 0.999. The molecular weight excluding hydrogens is 140 g/mol. The summed E-state index contributed by atoms with van der Waals surface area (Å²) in [6.45, 7) is 2.89. The molecule has 0 saturated heterocycles. The molecule has 0 fully saturated rings. The maximum absolute atomic E-state index is 5.39. The predicted octanol–water partition coefficient (Wildman–Crippen LogP) is 0.578. The van der Waals surface area contributed by atoms with Crippen molar-refractivity contribution < 1.29 is 0 Å². The molecule has 1 aromatic rings. The Hall–Kier alpha value is -0.900. The van der Waals surface area contributed by atoms with Crippen LogP contribution in [-0.2, 0) is 0 Å². The van der Waals surface area contributed by atoms with Gasteiger partial charge in [-0.15, -0.1) is 10.2 Å². The van der Waals surface area contributed by atoms with Gasteiger partial charge in [-0.05, 0) is 26.3 Å². The second-order valence-corrected chi connectivity index (χ2v) is 2.69. The Morgan fingerprint density at radius 2 is 2.09 bits per heavy atom. The van der Waals surface area contributed by atoms with Crippen molar-refractivity contribution in [3.8, 4) is 0 Å². The van der Waals surface area contributed by atoms with Crippen molar-refractivity contribution in [3.63, 3.8) is 0 Å². The summed E-state index contributed by atoms with van der Waals surface area (Å²) in [5, 5.41) is 7.47. The molecule has 0 spiro atoms. The van der Waals surface area contributed by atoms with E-state index in [4.69, 9.17) is 5.73 Å². The lowest BCUT2D eigenvalue weighted by molar-refractivity contribution is 0.490. The molecular formula is C7H14N4. The van der Waals surface area contributed by atoms with Crippen LogP contribution in [0.25, 0.3) is 0 Å². The predicted molar refractivity (Wildman–Crippen MR) is 43.0 cm³/mol. The molecule has 4 nitrogen and oxygen atoms in total. The first-order chi connectivity index (χ1) is 5.34. The van der Waals surface area contributed by atoms with E-state index in [9.17, 15) is 0 Å². The summed E-state index contributed by atoms with van der Waals surface area (Å²) in [5.74, 6) is 0. The maximum Gasteiger partial charge on any atom is 0.119 e. The van der Waals surface area contributed by atoms with Gasteiger partial charge in [0.15, 0.2) is 0 Å². The van der Waals surface area contributed by atoms with E-state index in [2.05, 4.69) is 17.1 Å². The first kappa shape index (κ1) is 8.20. The summed E-state index contributed by atoms with van der Waals surface area (Å²) >= 11 is 0. The van der Waals surface area contributed by atoms with Crippen LogP contribution in [0.15, 0.2) is 12.7 Å². The molecule has 0 bridgehead atoms. The van der Waals surface area contributed by atoms with Crippen molar-refractivity contribution in [1.29, 1.82) is 0 Å². The average molecular weight is 154 g/mol. The van der Waals surface area contributed by atoms with E-state index in [0.717, 1.165) is 19.4 Å². The largest absolute Gasteiger partial charge is 0.330 e. The maximum atomic E-state index is 5.39. The third-order valence-electron chi connectivity index (χ3n) is 1.77. The number of nitrogens with two attached hydrogens (primary N) is 1. The van der Waals surface area contributed by atoms with Crippen LogP contribution >= 0.6 is 0 Å². The highest BCUT2D eigenvalue weighted by atomic mass is 15.2. The summed E-state index contributed by atoms with van der Waals surface area (Å²) in [4.78, 5) is 0. The summed E-state index contributed by atoms with van der Waals surface area (Å²) in [5.41, 5.74) is 5.39. The zero-order valence-electron chi connectivity index (χ0n) is 6.77. The van der Waals surface area contributed by atoms with Crippen molar-refractivity contribution >= 4 is 0 Å². The van der Waals surface area contributed by atoms with Crippen molar-refractivity contribution in [2.45, 2.75) is 25.8 Å². The number of nitrogens with zero attached hydrogens (tertiary/aromatic N) is 3. The quantitative estimate of drug-likeness (QED) is 0.690. The van der Waals surface area contributed by atoms with E-state index < -0.39 is 0 Å². The molecule has 0 saturated carbocycles. The minimum Gasteiger partial charge on any atom is -0.330 e.